The lowest BCUT2D eigenvalue weighted by Gasteiger charge is -2.27. The van der Waals surface area contributed by atoms with Gasteiger partial charge in [0.2, 0.25) is 10.9 Å². The molecule has 0 aliphatic rings. The maximum absolute atomic E-state index is 12.8. The summed E-state index contributed by atoms with van der Waals surface area (Å²) in [5, 5.41) is 41.6. The summed E-state index contributed by atoms with van der Waals surface area (Å²) >= 11 is 0. The van der Waals surface area contributed by atoms with Crippen LogP contribution in [0.4, 0.5) is 0 Å². The van der Waals surface area contributed by atoms with Crippen molar-refractivity contribution in [2.75, 3.05) is 13.1 Å². The molecule has 170 valence electrons. The number of aromatic amines is 1. The van der Waals surface area contributed by atoms with Crippen molar-refractivity contribution in [1.82, 2.24) is 20.2 Å². The number of H-pyrrole nitrogens is 1. The molecule has 0 saturated carbocycles. The number of nitrogens with zero attached hydrogens (tertiary/aromatic N) is 2. The Hall–Kier alpha value is -3.54. The molecular weight excluding hydrogens is 420 g/mol. The van der Waals surface area contributed by atoms with Gasteiger partial charge in [-0.2, -0.15) is 0 Å². The van der Waals surface area contributed by atoms with Gasteiger partial charge in [0, 0.05) is 18.7 Å². The fourth-order valence-electron chi connectivity index (χ4n) is 3.52. The Morgan fingerprint density at radius 2 is 1.84 bits per heavy atom. The summed E-state index contributed by atoms with van der Waals surface area (Å²) in [5.41, 5.74) is -1.41. The largest absolute Gasteiger partial charge is 0.515 e. The first-order valence-corrected chi connectivity index (χ1v) is 9.85. The van der Waals surface area contributed by atoms with Gasteiger partial charge in [-0.15, -0.1) is 0 Å². The zero-order chi connectivity index (χ0) is 23.7. The average Bonchev–Trinajstić information content (AvgIpc) is 2.74. The first-order chi connectivity index (χ1) is 15.1. The summed E-state index contributed by atoms with van der Waals surface area (Å²) in [6, 6.07) is 2.44. The minimum atomic E-state index is -0.927. The van der Waals surface area contributed by atoms with Crippen molar-refractivity contribution in [3.63, 3.8) is 0 Å². The van der Waals surface area contributed by atoms with Gasteiger partial charge < -0.3 is 30.7 Å². The minimum Gasteiger partial charge on any atom is -0.515 e. The highest BCUT2D eigenvalue weighted by atomic mass is 16.3. The molecule has 0 aliphatic carbocycles. The number of rotatable bonds is 6. The van der Waals surface area contributed by atoms with Gasteiger partial charge in [0.1, 0.15) is 34.8 Å². The number of amides is 1. The molecule has 2 unspecified atom stereocenters. The van der Waals surface area contributed by atoms with Crippen LogP contribution in [-0.4, -0.2) is 66.7 Å². The highest BCUT2D eigenvalue weighted by molar-refractivity contribution is 6.06. The van der Waals surface area contributed by atoms with Crippen LogP contribution in [-0.2, 0) is 0 Å². The van der Waals surface area contributed by atoms with E-state index >= 15 is 0 Å². The van der Waals surface area contributed by atoms with Gasteiger partial charge in [-0.25, -0.2) is 4.98 Å². The van der Waals surface area contributed by atoms with Crippen molar-refractivity contribution in [2.24, 2.45) is 0 Å². The van der Waals surface area contributed by atoms with Gasteiger partial charge in [0.15, 0.2) is 0 Å². The van der Waals surface area contributed by atoms with Crippen molar-refractivity contribution < 1.29 is 25.2 Å². The van der Waals surface area contributed by atoms with E-state index in [0.717, 1.165) is 6.07 Å². The number of hydrogen-bond donors (Lipinski definition) is 6. The van der Waals surface area contributed by atoms with Gasteiger partial charge in [-0.05, 0) is 32.9 Å². The van der Waals surface area contributed by atoms with E-state index in [4.69, 9.17) is 0 Å². The van der Waals surface area contributed by atoms with E-state index in [1.807, 2.05) is 0 Å². The number of carbonyl (C=O) groups excluding carboxylic acids is 1. The van der Waals surface area contributed by atoms with Crippen LogP contribution in [0.1, 0.15) is 29.8 Å². The van der Waals surface area contributed by atoms with Crippen LogP contribution in [0.3, 0.4) is 0 Å². The Balaban J connectivity index is 2.09. The summed E-state index contributed by atoms with van der Waals surface area (Å²) in [7, 11) is 0. The number of carbonyl (C=O) groups is 1. The zero-order valence-corrected chi connectivity index (χ0v) is 17.7. The van der Waals surface area contributed by atoms with E-state index in [0.29, 0.717) is 6.26 Å². The third-order valence-electron chi connectivity index (χ3n) is 5.27. The highest BCUT2D eigenvalue weighted by Crippen LogP contribution is 2.17. The second-order valence-corrected chi connectivity index (χ2v) is 7.40. The van der Waals surface area contributed by atoms with E-state index in [1.54, 1.807) is 0 Å². The summed E-state index contributed by atoms with van der Waals surface area (Å²) in [6.45, 7) is 4.58. The maximum atomic E-state index is 12.8. The van der Waals surface area contributed by atoms with Crippen LogP contribution in [0.2, 0.25) is 0 Å². The molecule has 0 radical (unpaired) electrons. The van der Waals surface area contributed by atoms with E-state index < -0.39 is 35.0 Å². The number of fused-ring (bicyclic) bond motifs is 2. The van der Waals surface area contributed by atoms with Crippen molar-refractivity contribution in [3.05, 3.63) is 48.9 Å². The standard InChI is InChI=1S/C21H24N4O7/c1-9-19(30)13(8-26)16-18(20(9)31)24-15-12(4-5-14(29)17(15)23-16)21(32)22-6-7-25(10(2)27)11(3)28/h4-5,8,10-11,24,26-28,30H,6-7H2,1-3H3,(H,22,32). The fourth-order valence-corrected chi connectivity index (χ4v) is 3.52. The average molecular weight is 444 g/mol. The molecule has 6 N–H and O–H groups in total. The Labute approximate surface area is 181 Å². The van der Waals surface area contributed by atoms with Gasteiger partial charge in [-0.3, -0.25) is 19.3 Å². The number of benzene rings is 2. The van der Waals surface area contributed by atoms with E-state index in [-0.39, 0.29) is 51.5 Å². The van der Waals surface area contributed by atoms with E-state index in [2.05, 4.69) is 15.3 Å². The number of aromatic hydroxyl groups is 1. The molecule has 32 heavy (non-hydrogen) atoms. The number of aromatic nitrogens is 2. The van der Waals surface area contributed by atoms with Gasteiger partial charge in [-0.1, -0.05) is 0 Å². The second-order valence-electron chi connectivity index (χ2n) is 7.40. The Morgan fingerprint density at radius 1 is 1.19 bits per heavy atom. The predicted octanol–water partition coefficient (Wildman–Crippen LogP) is -0.826. The molecule has 0 bridgehead atoms. The lowest BCUT2D eigenvalue weighted by atomic mass is 10.1. The number of phenolic OH excluding ortho intramolecular Hbond substituents is 1. The lowest BCUT2D eigenvalue weighted by molar-refractivity contribution is -0.0826. The molecule has 0 saturated heterocycles. The summed E-state index contributed by atoms with van der Waals surface area (Å²) in [4.78, 5) is 46.1. The molecule has 0 spiro atoms. The number of hydrogen-bond acceptors (Lipinski definition) is 9. The van der Waals surface area contributed by atoms with Gasteiger partial charge in [0.25, 0.3) is 5.91 Å². The molecular formula is C21H24N4O7. The quantitative estimate of drug-likeness (QED) is 0.209. The summed E-state index contributed by atoms with van der Waals surface area (Å²) in [5.74, 6) is -1.02. The topological polar surface area (TPSA) is 176 Å². The van der Waals surface area contributed by atoms with E-state index in [9.17, 15) is 34.8 Å². The third-order valence-corrected chi connectivity index (χ3v) is 5.27. The molecule has 3 aromatic rings. The van der Waals surface area contributed by atoms with Crippen LogP contribution in [0.5, 0.6) is 5.75 Å². The second kappa shape index (κ2) is 8.91. The summed E-state index contributed by atoms with van der Waals surface area (Å²) in [6.07, 6.45) is -1.26. The normalized spacial score (nSPS) is 14.2. The molecule has 0 aliphatic heterocycles. The molecule has 1 heterocycles. The van der Waals surface area contributed by atoms with Crippen molar-refractivity contribution in [2.45, 2.75) is 33.2 Å². The van der Waals surface area contributed by atoms with E-state index in [1.165, 1.54) is 31.7 Å². The molecule has 1 aromatic heterocycles. The van der Waals surface area contributed by atoms with Crippen molar-refractivity contribution in [3.8, 4) is 5.75 Å². The molecule has 11 heteroatoms. The molecule has 1 amide bonds. The van der Waals surface area contributed by atoms with Crippen molar-refractivity contribution in [1.29, 1.82) is 0 Å². The molecule has 2 atom stereocenters. The molecule has 3 rings (SSSR count). The van der Waals surface area contributed by atoms with Crippen LogP contribution < -0.4 is 21.4 Å². The number of aliphatic hydroxyl groups is 3. The zero-order valence-electron chi connectivity index (χ0n) is 17.7. The maximum Gasteiger partial charge on any atom is 0.253 e. The van der Waals surface area contributed by atoms with Crippen LogP contribution in [0, 0.1) is 6.92 Å². The Morgan fingerprint density at radius 3 is 2.44 bits per heavy atom. The molecule has 0 fully saturated rings. The van der Waals surface area contributed by atoms with Crippen LogP contribution in [0.25, 0.3) is 28.3 Å². The predicted molar refractivity (Wildman–Crippen MR) is 117 cm³/mol. The Kier molecular flexibility index (Phi) is 6.44. The fraction of sp³-hybridized carbons (Fsp3) is 0.333. The summed E-state index contributed by atoms with van der Waals surface area (Å²) < 4.78 is 0. The van der Waals surface area contributed by atoms with Gasteiger partial charge >= 0.3 is 0 Å². The van der Waals surface area contributed by atoms with Gasteiger partial charge in [0.05, 0.1) is 22.6 Å². The molecule has 2 aromatic carbocycles. The van der Waals surface area contributed by atoms with Crippen LogP contribution >= 0.6 is 0 Å². The molecule has 11 nitrogen and oxygen atoms in total. The Bertz CT molecular complexity index is 1360. The minimum absolute atomic E-state index is 0.0245. The number of phenols is 1. The first kappa shape index (κ1) is 23.1. The SMILES string of the molecule is Cc1c(O)c(=CO)c2nc3c(=O)ccc(C(=O)NCCN(C(C)O)C(C)O)c3[nH]c2c1=O. The van der Waals surface area contributed by atoms with Crippen molar-refractivity contribution >= 4 is 34.2 Å². The smallest absolute Gasteiger partial charge is 0.253 e. The first-order valence-electron chi connectivity index (χ1n) is 9.85. The van der Waals surface area contributed by atoms with Crippen LogP contribution in [0.15, 0.2) is 21.7 Å². The highest BCUT2D eigenvalue weighted by Gasteiger charge is 2.20. The lowest BCUT2D eigenvalue weighted by Crippen LogP contribution is -2.44. The number of nitrogens with one attached hydrogen (secondary N) is 2. The monoisotopic (exact) mass is 444 g/mol. The number of aliphatic hydroxyl groups excluding tert-OH is 3. The third kappa shape index (κ3) is 4.00.